The largest absolute Gasteiger partial charge is 0.467 e. The van der Waals surface area contributed by atoms with Crippen LogP contribution in [0.3, 0.4) is 0 Å². The van der Waals surface area contributed by atoms with Gasteiger partial charge in [0.1, 0.15) is 6.23 Å². The van der Waals surface area contributed by atoms with Crippen LogP contribution in [-0.4, -0.2) is 45.4 Å². The number of benzene rings is 3. The van der Waals surface area contributed by atoms with E-state index in [4.69, 9.17) is 14.2 Å². The van der Waals surface area contributed by atoms with Crippen molar-refractivity contribution in [2.24, 2.45) is 0 Å². The number of carbonyl (C=O) groups excluding carboxylic acids is 2. The predicted octanol–water partition coefficient (Wildman–Crippen LogP) is 4.19. The number of rotatable bonds is 3. The molecule has 2 N–H and O–H groups in total. The van der Waals surface area contributed by atoms with E-state index in [2.05, 4.69) is 5.32 Å². The zero-order valence-corrected chi connectivity index (χ0v) is 21.1. The number of aromatic nitrogens is 2. The number of carbonyl (C=O) groups is 2. The van der Waals surface area contributed by atoms with E-state index >= 15 is 0 Å². The van der Waals surface area contributed by atoms with Crippen LogP contribution in [0.5, 0.6) is 0 Å². The Morgan fingerprint density at radius 1 is 1.11 bits per heavy atom. The van der Waals surface area contributed by atoms with E-state index in [0.717, 1.165) is 49.2 Å². The van der Waals surface area contributed by atoms with E-state index in [-0.39, 0.29) is 12.3 Å². The maximum Gasteiger partial charge on any atom is 0.343 e. The molecule has 3 aromatic carbocycles. The molecule has 4 unspecified atom stereocenters. The van der Waals surface area contributed by atoms with Gasteiger partial charge in [0.2, 0.25) is 5.60 Å². The summed E-state index contributed by atoms with van der Waals surface area (Å²) in [5.74, 6) is -0.942. The molecule has 8 rings (SSSR count). The lowest BCUT2D eigenvalue weighted by molar-refractivity contribution is -0.202. The van der Waals surface area contributed by atoms with Crippen LogP contribution in [0.25, 0.3) is 43.6 Å². The Kier molecular flexibility index (Phi) is 4.03. The highest BCUT2D eigenvalue weighted by atomic mass is 16.6. The Morgan fingerprint density at radius 3 is 2.50 bits per heavy atom. The van der Waals surface area contributed by atoms with E-state index in [9.17, 15) is 14.7 Å². The topological polar surface area (TPSA) is 104 Å². The molecule has 5 heterocycles. The number of amides is 1. The second-order valence-electron chi connectivity index (χ2n) is 10.4. The van der Waals surface area contributed by atoms with Gasteiger partial charge in [-0.2, -0.15) is 0 Å². The van der Waals surface area contributed by atoms with Crippen molar-refractivity contribution in [1.82, 2.24) is 14.5 Å². The summed E-state index contributed by atoms with van der Waals surface area (Å²) in [5, 5.41) is 18.6. The van der Waals surface area contributed by atoms with Crippen LogP contribution in [0.15, 0.2) is 48.5 Å². The van der Waals surface area contributed by atoms with Crippen LogP contribution in [-0.2, 0) is 24.7 Å². The number of methoxy groups -OCH3 is 1. The van der Waals surface area contributed by atoms with Crippen LogP contribution in [0.1, 0.15) is 48.6 Å². The number of aliphatic hydroxyl groups is 1. The minimum absolute atomic E-state index is 0.0117. The van der Waals surface area contributed by atoms with E-state index < -0.39 is 29.8 Å². The molecule has 0 aliphatic carbocycles. The van der Waals surface area contributed by atoms with Gasteiger partial charge in [-0.25, -0.2) is 4.79 Å². The first-order chi connectivity index (χ1) is 18.4. The van der Waals surface area contributed by atoms with Crippen molar-refractivity contribution >= 4 is 55.5 Å². The number of fused-ring (bicyclic) bond motifs is 13. The van der Waals surface area contributed by atoms with Gasteiger partial charge in [-0.05, 0) is 26.0 Å². The highest BCUT2D eigenvalue weighted by Gasteiger charge is 2.66. The Bertz CT molecular complexity index is 1900. The number of nitrogens with zero attached hydrogens (tertiary/aromatic N) is 2. The van der Waals surface area contributed by atoms with Crippen molar-refractivity contribution in [2.75, 3.05) is 13.7 Å². The van der Waals surface area contributed by atoms with E-state index in [1.54, 1.807) is 6.92 Å². The maximum atomic E-state index is 13.6. The monoisotopic (exact) mass is 511 g/mol. The molecule has 0 spiro atoms. The summed E-state index contributed by atoms with van der Waals surface area (Å²) >= 11 is 0. The number of esters is 1. The smallest absolute Gasteiger partial charge is 0.343 e. The fourth-order valence-corrected chi connectivity index (χ4v) is 7.21. The molecule has 3 aliphatic heterocycles. The highest BCUT2D eigenvalue weighted by molar-refractivity contribution is 6.31. The highest BCUT2D eigenvalue weighted by Crippen LogP contribution is 2.58. The summed E-state index contributed by atoms with van der Waals surface area (Å²) in [6.07, 6.45) is -1.33. The molecule has 1 saturated heterocycles. The molecule has 38 heavy (non-hydrogen) atoms. The SMILES string of the molecule is CCOC1NC(=O)c2c1c1c3ccccc3n3c1c1c2c2ccccc2n1C1CC(O)(C(=O)OC)C3(C)O1. The Balaban J connectivity index is 1.71. The number of para-hydroxylation sites is 2. The van der Waals surface area contributed by atoms with Crippen LogP contribution < -0.4 is 5.32 Å². The third-order valence-corrected chi connectivity index (χ3v) is 8.72. The minimum Gasteiger partial charge on any atom is -0.467 e. The van der Waals surface area contributed by atoms with E-state index in [1.807, 2.05) is 64.6 Å². The van der Waals surface area contributed by atoms with Crippen molar-refractivity contribution in [3.05, 3.63) is 59.7 Å². The molecule has 4 atom stereocenters. The van der Waals surface area contributed by atoms with E-state index in [0.29, 0.717) is 12.2 Å². The molecular formula is C29H25N3O6. The molecule has 9 nitrogen and oxygen atoms in total. The Labute approximate surface area is 216 Å². The van der Waals surface area contributed by atoms with Crippen molar-refractivity contribution in [3.8, 4) is 0 Å². The van der Waals surface area contributed by atoms with Gasteiger partial charge in [-0.3, -0.25) is 4.79 Å². The Morgan fingerprint density at radius 2 is 1.79 bits per heavy atom. The Hall–Kier alpha value is -3.92. The first-order valence-corrected chi connectivity index (χ1v) is 12.8. The molecule has 2 aromatic heterocycles. The molecule has 1 fully saturated rings. The lowest BCUT2D eigenvalue weighted by atomic mass is 9.88. The van der Waals surface area contributed by atoms with Gasteiger partial charge < -0.3 is 33.8 Å². The van der Waals surface area contributed by atoms with Gasteiger partial charge in [0.05, 0.1) is 34.7 Å². The fraction of sp³-hybridized carbons (Fsp3) is 0.310. The summed E-state index contributed by atoms with van der Waals surface area (Å²) in [7, 11) is 1.28. The molecule has 1 amide bonds. The fourth-order valence-electron chi connectivity index (χ4n) is 7.21. The molecule has 5 aromatic rings. The zero-order chi connectivity index (χ0) is 26.1. The molecule has 0 radical (unpaired) electrons. The van der Waals surface area contributed by atoms with Gasteiger partial charge in [0, 0.05) is 40.1 Å². The average Bonchev–Trinajstić information content (AvgIpc) is 3.59. The molecule has 192 valence electrons. The van der Waals surface area contributed by atoms with Crippen LogP contribution in [0, 0.1) is 0 Å². The maximum absolute atomic E-state index is 13.6. The normalized spacial score (nSPS) is 27.5. The number of hydrogen-bond donors (Lipinski definition) is 2. The average molecular weight is 512 g/mol. The number of hydrogen-bond acceptors (Lipinski definition) is 6. The van der Waals surface area contributed by atoms with Crippen LogP contribution in [0.4, 0.5) is 0 Å². The second kappa shape index (κ2) is 6.93. The predicted molar refractivity (Wildman–Crippen MR) is 140 cm³/mol. The molecule has 9 heteroatoms. The minimum atomic E-state index is -1.97. The standard InChI is InChI=1S/C29H25N3O6/c1-4-37-26-22-20-15-10-6-8-12-17(15)32-24(20)23-19(21(22)25(33)30-26)14-9-5-7-11-16(14)31(23)18-13-29(35,27(34)36-3)28(32,2)38-18/h5-12,18,26,35H,4,13H2,1-3H3,(H,30,33). The van der Waals surface area contributed by atoms with Crippen molar-refractivity contribution in [3.63, 3.8) is 0 Å². The van der Waals surface area contributed by atoms with Gasteiger partial charge in [-0.1, -0.05) is 36.4 Å². The van der Waals surface area contributed by atoms with Gasteiger partial charge in [0.15, 0.2) is 12.0 Å². The van der Waals surface area contributed by atoms with Gasteiger partial charge in [-0.15, -0.1) is 0 Å². The van der Waals surface area contributed by atoms with Crippen LogP contribution in [0.2, 0.25) is 0 Å². The first-order valence-electron chi connectivity index (χ1n) is 12.8. The molecule has 3 aliphatic rings. The third kappa shape index (κ3) is 2.22. The quantitative estimate of drug-likeness (QED) is 0.352. The van der Waals surface area contributed by atoms with Crippen molar-refractivity contribution < 1.29 is 28.9 Å². The second-order valence-corrected chi connectivity index (χ2v) is 10.4. The lowest BCUT2D eigenvalue weighted by Gasteiger charge is -2.37. The summed E-state index contributed by atoms with van der Waals surface area (Å²) in [5.41, 5.74) is 1.14. The summed E-state index contributed by atoms with van der Waals surface area (Å²) in [6.45, 7) is 4.05. The summed E-state index contributed by atoms with van der Waals surface area (Å²) < 4.78 is 21.9. The van der Waals surface area contributed by atoms with Crippen molar-refractivity contribution in [2.45, 2.75) is 44.1 Å². The lowest BCUT2D eigenvalue weighted by Crippen LogP contribution is -2.56. The third-order valence-electron chi connectivity index (χ3n) is 8.72. The summed E-state index contributed by atoms with van der Waals surface area (Å²) in [4.78, 5) is 26.9. The first kappa shape index (κ1) is 22.1. The van der Waals surface area contributed by atoms with Gasteiger partial charge >= 0.3 is 5.97 Å². The molecule has 2 bridgehead atoms. The number of ether oxygens (including phenoxy) is 3. The molecular weight excluding hydrogens is 486 g/mol. The number of nitrogens with one attached hydrogen (secondary N) is 1. The zero-order valence-electron chi connectivity index (χ0n) is 21.1. The van der Waals surface area contributed by atoms with Crippen LogP contribution >= 0.6 is 0 Å². The summed E-state index contributed by atoms with van der Waals surface area (Å²) in [6, 6.07) is 15.7. The van der Waals surface area contributed by atoms with E-state index in [1.165, 1.54) is 7.11 Å². The van der Waals surface area contributed by atoms with Gasteiger partial charge in [0.25, 0.3) is 5.91 Å². The molecule has 0 saturated carbocycles. The van der Waals surface area contributed by atoms with Crippen molar-refractivity contribution in [1.29, 1.82) is 0 Å².